The standard InChI is InChI=1S/C18H26ClN3O2/c1-13-15(19)9-6-10-16(13)21-17(23)11-12-20-18(24)22(2)14-7-4-3-5-8-14/h6,9-10,14H,3-5,7-8,11-12H2,1-2H3,(H,20,24)(H,21,23). The summed E-state index contributed by atoms with van der Waals surface area (Å²) in [5.74, 6) is -0.138. The van der Waals surface area contributed by atoms with Crippen molar-refractivity contribution in [2.45, 2.75) is 51.5 Å². The van der Waals surface area contributed by atoms with Gasteiger partial charge in [-0.25, -0.2) is 4.79 Å². The van der Waals surface area contributed by atoms with E-state index in [1.807, 2.05) is 20.0 Å². The zero-order chi connectivity index (χ0) is 17.5. The Balaban J connectivity index is 1.73. The predicted molar refractivity (Wildman–Crippen MR) is 97.5 cm³/mol. The van der Waals surface area contributed by atoms with Crippen LogP contribution in [0.3, 0.4) is 0 Å². The van der Waals surface area contributed by atoms with E-state index < -0.39 is 0 Å². The summed E-state index contributed by atoms with van der Waals surface area (Å²) in [4.78, 5) is 25.9. The number of amides is 3. The molecule has 0 bridgehead atoms. The zero-order valence-electron chi connectivity index (χ0n) is 14.4. The fourth-order valence-electron chi connectivity index (χ4n) is 3.00. The Bertz CT molecular complexity index is 586. The highest BCUT2D eigenvalue weighted by molar-refractivity contribution is 6.31. The van der Waals surface area contributed by atoms with Crippen molar-refractivity contribution in [2.75, 3.05) is 18.9 Å². The van der Waals surface area contributed by atoms with Crippen LogP contribution in [0.25, 0.3) is 0 Å². The second kappa shape index (κ2) is 8.92. The molecule has 0 unspecified atom stereocenters. The van der Waals surface area contributed by atoms with Crippen LogP contribution in [-0.2, 0) is 4.79 Å². The Morgan fingerprint density at radius 3 is 2.67 bits per heavy atom. The lowest BCUT2D eigenvalue weighted by atomic mass is 9.95. The lowest BCUT2D eigenvalue weighted by Crippen LogP contribution is -2.45. The van der Waals surface area contributed by atoms with Crippen molar-refractivity contribution in [2.24, 2.45) is 0 Å². The summed E-state index contributed by atoms with van der Waals surface area (Å²) in [7, 11) is 1.83. The molecule has 0 atom stereocenters. The molecule has 0 radical (unpaired) electrons. The molecule has 3 amide bonds. The molecule has 0 aliphatic heterocycles. The van der Waals surface area contributed by atoms with Crippen LogP contribution >= 0.6 is 11.6 Å². The number of nitrogens with one attached hydrogen (secondary N) is 2. The van der Waals surface area contributed by atoms with E-state index in [1.165, 1.54) is 19.3 Å². The molecule has 1 aromatic carbocycles. The molecular weight excluding hydrogens is 326 g/mol. The van der Waals surface area contributed by atoms with Gasteiger partial charge in [0, 0.05) is 36.8 Å². The van der Waals surface area contributed by atoms with Crippen LogP contribution in [0.5, 0.6) is 0 Å². The minimum absolute atomic E-state index is 0.103. The van der Waals surface area contributed by atoms with Gasteiger partial charge in [-0.05, 0) is 37.5 Å². The first-order valence-corrected chi connectivity index (χ1v) is 8.92. The summed E-state index contributed by atoms with van der Waals surface area (Å²) in [6.45, 7) is 2.18. The van der Waals surface area contributed by atoms with Gasteiger partial charge in [0.05, 0.1) is 0 Å². The Morgan fingerprint density at radius 1 is 1.25 bits per heavy atom. The highest BCUT2D eigenvalue weighted by Crippen LogP contribution is 2.23. The average Bonchev–Trinajstić information content (AvgIpc) is 2.59. The molecule has 2 N–H and O–H groups in total. The minimum atomic E-state index is -0.138. The van der Waals surface area contributed by atoms with Crippen LogP contribution < -0.4 is 10.6 Å². The molecule has 0 aromatic heterocycles. The third-order valence-electron chi connectivity index (χ3n) is 4.61. The van der Waals surface area contributed by atoms with E-state index in [1.54, 1.807) is 17.0 Å². The summed E-state index contributed by atoms with van der Waals surface area (Å²) in [6.07, 6.45) is 6.00. The SMILES string of the molecule is Cc1c(Cl)cccc1NC(=O)CCNC(=O)N(C)C1CCCCC1. The molecule has 1 saturated carbocycles. The summed E-state index contributed by atoms with van der Waals surface area (Å²) in [5, 5.41) is 6.27. The Morgan fingerprint density at radius 2 is 1.96 bits per heavy atom. The van der Waals surface area contributed by atoms with Gasteiger partial charge in [-0.3, -0.25) is 4.79 Å². The Kier molecular flexibility index (Phi) is 6.91. The van der Waals surface area contributed by atoms with Gasteiger partial charge in [0.25, 0.3) is 0 Å². The van der Waals surface area contributed by atoms with E-state index in [-0.39, 0.29) is 18.4 Å². The van der Waals surface area contributed by atoms with Gasteiger partial charge in [0.2, 0.25) is 5.91 Å². The molecule has 0 spiro atoms. The van der Waals surface area contributed by atoms with Crippen molar-refractivity contribution in [3.63, 3.8) is 0 Å². The quantitative estimate of drug-likeness (QED) is 0.843. The molecule has 24 heavy (non-hydrogen) atoms. The van der Waals surface area contributed by atoms with Crippen LogP contribution in [0, 0.1) is 6.92 Å². The molecule has 0 heterocycles. The predicted octanol–water partition coefficient (Wildman–Crippen LogP) is 3.95. The molecule has 132 valence electrons. The van der Waals surface area contributed by atoms with Crippen LogP contribution in [-0.4, -0.2) is 36.5 Å². The minimum Gasteiger partial charge on any atom is -0.337 e. The van der Waals surface area contributed by atoms with Gasteiger partial charge in [0.15, 0.2) is 0 Å². The average molecular weight is 352 g/mol. The maximum Gasteiger partial charge on any atom is 0.317 e. The lowest BCUT2D eigenvalue weighted by Gasteiger charge is -2.31. The number of halogens is 1. The molecule has 6 heteroatoms. The molecule has 5 nitrogen and oxygen atoms in total. The van der Waals surface area contributed by atoms with Crippen molar-refractivity contribution in [1.29, 1.82) is 0 Å². The molecular formula is C18H26ClN3O2. The third kappa shape index (κ3) is 5.13. The van der Waals surface area contributed by atoms with Crippen LogP contribution in [0.4, 0.5) is 10.5 Å². The summed E-state index contributed by atoms with van der Waals surface area (Å²) < 4.78 is 0. The van der Waals surface area contributed by atoms with Gasteiger partial charge >= 0.3 is 6.03 Å². The number of benzene rings is 1. The number of rotatable bonds is 5. The number of nitrogens with zero attached hydrogens (tertiary/aromatic N) is 1. The first-order valence-electron chi connectivity index (χ1n) is 8.54. The van der Waals surface area contributed by atoms with Crippen molar-refractivity contribution in [3.8, 4) is 0 Å². The summed E-state index contributed by atoms with van der Waals surface area (Å²) in [6, 6.07) is 5.61. The van der Waals surface area contributed by atoms with Crippen LogP contribution in [0.1, 0.15) is 44.1 Å². The molecule has 1 aromatic rings. The number of hydrogen-bond donors (Lipinski definition) is 2. The Labute approximate surface area is 148 Å². The molecule has 1 aliphatic rings. The van der Waals surface area contributed by atoms with Gasteiger partial charge < -0.3 is 15.5 Å². The number of carbonyl (C=O) groups is 2. The maximum atomic E-state index is 12.1. The largest absolute Gasteiger partial charge is 0.337 e. The van der Waals surface area contributed by atoms with E-state index in [2.05, 4.69) is 10.6 Å². The molecule has 1 aliphatic carbocycles. The fourth-order valence-corrected chi connectivity index (χ4v) is 3.17. The molecule has 0 saturated heterocycles. The third-order valence-corrected chi connectivity index (χ3v) is 5.02. The van der Waals surface area contributed by atoms with E-state index in [0.717, 1.165) is 18.4 Å². The number of carbonyl (C=O) groups excluding carboxylic acids is 2. The Hall–Kier alpha value is -1.75. The smallest absolute Gasteiger partial charge is 0.317 e. The van der Waals surface area contributed by atoms with E-state index >= 15 is 0 Å². The van der Waals surface area contributed by atoms with Gasteiger partial charge in [0.1, 0.15) is 0 Å². The van der Waals surface area contributed by atoms with Crippen molar-refractivity contribution in [3.05, 3.63) is 28.8 Å². The monoisotopic (exact) mass is 351 g/mol. The summed E-state index contributed by atoms with van der Waals surface area (Å²) in [5.41, 5.74) is 1.55. The first-order chi connectivity index (χ1) is 11.5. The summed E-state index contributed by atoms with van der Waals surface area (Å²) >= 11 is 6.04. The van der Waals surface area contributed by atoms with E-state index in [0.29, 0.717) is 23.3 Å². The highest BCUT2D eigenvalue weighted by atomic mass is 35.5. The van der Waals surface area contributed by atoms with Crippen molar-refractivity contribution < 1.29 is 9.59 Å². The second-order valence-electron chi connectivity index (χ2n) is 6.35. The lowest BCUT2D eigenvalue weighted by molar-refractivity contribution is -0.116. The van der Waals surface area contributed by atoms with Gasteiger partial charge in [-0.15, -0.1) is 0 Å². The highest BCUT2D eigenvalue weighted by Gasteiger charge is 2.21. The number of anilines is 1. The number of hydrogen-bond acceptors (Lipinski definition) is 2. The topological polar surface area (TPSA) is 61.4 Å². The first kappa shape index (κ1) is 18.6. The van der Waals surface area contributed by atoms with Crippen molar-refractivity contribution in [1.82, 2.24) is 10.2 Å². The van der Waals surface area contributed by atoms with Crippen LogP contribution in [0.2, 0.25) is 5.02 Å². The normalized spacial score (nSPS) is 15.0. The zero-order valence-corrected chi connectivity index (χ0v) is 15.2. The molecule has 2 rings (SSSR count). The van der Waals surface area contributed by atoms with E-state index in [9.17, 15) is 9.59 Å². The van der Waals surface area contributed by atoms with E-state index in [4.69, 9.17) is 11.6 Å². The van der Waals surface area contributed by atoms with Gasteiger partial charge in [-0.2, -0.15) is 0 Å². The number of urea groups is 1. The second-order valence-corrected chi connectivity index (χ2v) is 6.75. The van der Waals surface area contributed by atoms with Gasteiger partial charge in [-0.1, -0.05) is 36.9 Å². The van der Waals surface area contributed by atoms with Crippen molar-refractivity contribution >= 4 is 29.2 Å². The molecule has 1 fully saturated rings. The fraction of sp³-hybridized carbons (Fsp3) is 0.556. The van der Waals surface area contributed by atoms with Crippen LogP contribution in [0.15, 0.2) is 18.2 Å². The maximum absolute atomic E-state index is 12.1.